The molecule has 2 aromatic rings. The zero-order valence-corrected chi connectivity index (χ0v) is 20.8. The SMILES string of the molecule is CC1=C(O)C(Nc2ccc(N(CCO)CCO)cc2)=CC(=Nc2ccc(N(CCO)CCO)cc2)C1=O. The van der Waals surface area contributed by atoms with Crippen molar-refractivity contribution < 1.29 is 30.3 Å². The van der Waals surface area contributed by atoms with Gasteiger partial charge in [0.2, 0.25) is 5.78 Å². The molecular weight excluding hydrogens is 476 g/mol. The first-order valence-electron chi connectivity index (χ1n) is 12.1. The topological polar surface area (TPSA) is 149 Å². The molecule has 0 fully saturated rings. The molecule has 0 atom stereocenters. The normalized spacial score (nSPS) is 14.7. The van der Waals surface area contributed by atoms with Gasteiger partial charge in [-0.3, -0.25) is 4.79 Å². The number of hydrogen-bond donors (Lipinski definition) is 6. The summed E-state index contributed by atoms with van der Waals surface area (Å²) in [6.07, 6.45) is 1.50. The molecule has 0 aliphatic heterocycles. The van der Waals surface area contributed by atoms with Crippen LogP contribution in [-0.4, -0.2) is 89.6 Å². The molecule has 37 heavy (non-hydrogen) atoms. The van der Waals surface area contributed by atoms with E-state index in [0.29, 0.717) is 43.3 Å². The number of rotatable bonds is 13. The van der Waals surface area contributed by atoms with Crippen molar-refractivity contribution in [1.29, 1.82) is 0 Å². The maximum Gasteiger partial charge on any atom is 0.210 e. The molecule has 0 saturated heterocycles. The van der Waals surface area contributed by atoms with E-state index in [1.165, 1.54) is 13.0 Å². The smallest absolute Gasteiger partial charge is 0.210 e. The van der Waals surface area contributed by atoms with Crippen molar-refractivity contribution >= 4 is 34.2 Å². The van der Waals surface area contributed by atoms with Gasteiger partial charge in [0.15, 0.2) is 0 Å². The number of carbonyl (C=O) groups is 1. The first-order chi connectivity index (χ1) is 17.9. The fourth-order valence-electron chi connectivity index (χ4n) is 3.96. The molecule has 198 valence electrons. The number of aliphatic hydroxyl groups excluding tert-OH is 5. The van der Waals surface area contributed by atoms with Gasteiger partial charge in [-0.1, -0.05) is 0 Å². The molecule has 0 bridgehead atoms. The minimum absolute atomic E-state index is 0.0345. The Balaban J connectivity index is 1.82. The summed E-state index contributed by atoms with van der Waals surface area (Å²) in [6.45, 7) is 2.95. The van der Waals surface area contributed by atoms with Crippen LogP contribution in [0.15, 0.2) is 76.6 Å². The molecule has 6 N–H and O–H groups in total. The molecule has 1 aliphatic rings. The predicted octanol–water partition coefficient (Wildman–Crippen LogP) is 1.75. The quantitative estimate of drug-likeness (QED) is 0.222. The lowest BCUT2D eigenvalue weighted by Gasteiger charge is -2.23. The van der Waals surface area contributed by atoms with E-state index in [9.17, 15) is 30.3 Å². The van der Waals surface area contributed by atoms with Crippen LogP contribution in [0.1, 0.15) is 6.92 Å². The van der Waals surface area contributed by atoms with Gasteiger partial charge in [0, 0.05) is 48.8 Å². The number of aliphatic hydroxyl groups is 5. The van der Waals surface area contributed by atoms with Crippen LogP contribution in [0.25, 0.3) is 0 Å². The van der Waals surface area contributed by atoms with Crippen molar-refractivity contribution in [1.82, 2.24) is 0 Å². The molecule has 0 unspecified atom stereocenters. The van der Waals surface area contributed by atoms with Crippen molar-refractivity contribution in [3.63, 3.8) is 0 Å². The predicted molar refractivity (Wildman–Crippen MR) is 145 cm³/mol. The number of aliphatic imine (C=N–C) groups is 1. The fraction of sp³-hybridized carbons (Fsp3) is 0.333. The van der Waals surface area contributed by atoms with Crippen molar-refractivity contribution in [2.45, 2.75) is 6.92 Å². The number of nitrogens with zero attached hydrogens (tertiary/aromatic N) is 3. The van der Waals surface area contributed by atoms with E-state index in [1.807, 2.05) is 21.9 Å². The van der Waals surface area contributed by atoms with E-state index in [-0.39, 0.29) is 49.3 Å². The highest BCUT2D eigenvalue weighted by atomic mass is 16.3. The molecule has 0 aromatic heterocycles. The van der Waals surface area contributed by atoms with Crippen molar-refractivity contribution in [3.05, 3.63) is 71.6 Å². The summed E-state index contributed by atoms with van der Waals surface area (Å²) in [4.78, 5) is 21.0. The maximum atomic E-state index is 12.8. The minimum Gasteiger partial charge on any atom is -0.505 e. The zero-order chi connectivity index (χ0) is 26.8. The highest BCUT2D eigenvalue weighted by Crippen LogP contribution is 2.26. The highest BCUT2D eigenvalue weighted by Gasteiger charge is 2.24. The Morgan fingerprint density at radius 3 is 1.68 bits per heavy atom. The molecule has 0 amide bonds. The number of nitrogens with one attached hydrogen (secondary N) is 1. The van der Waals surface area contributed by atoms with Crippen LogP contribution < -0.4 is 15.1 Å². The Kier molecular flexibility index (Phi) is 10.2. The van der Waals surface area contributed by atoms with Crippen molar-refractivity contribution in [3.8, 4) is 0 Å². The summed E-state index contributed by atoms with van der Waals surface area (Å²) in [6, 6.07) is 14.4. The first-order valence-corrected chi connectivity index (χ1v) is 12.1. The third-order valence-electron chi connectivity index (χ3n) is 5.92. The second-order valence-corrected chi connectivity index (χ2v) is 8.41. The fourth-order valence-corrected chi connectivity index (χ4v) is 3.96. The standard InChI is InChI=1S/C27H34N4O6/c1-19-26(36)24(28-20-2-6-22(7-3-20)30(10-14-32)11-15-33)18-25(27(19)37)29-21-4-8-23(9-5-21)31(12-16-34)13-17-35/h2-9,18,28,32-36H,10-17H2,1H3. The van der Waals surface area contributed by atoms with Crippen LogP contribution in [-0.2, 0) is 4.79 Å². The molecule has 0 radical (unpaired) electrons. The lowest BCUT2D eigenvalue weighted by molar-refractivity contribution is -0.109. The number of Topliss-reactive ketones (excluding diaryl/α,β-unsaturated/α-hetero) is 1. The van der Waals surface area contributed by atoms with E-state index in [4.69, 9.17) is 0 Å². The Morgan fingerprint density at radius 1 is 0.757 bits per heavy atom. The van der Waals surface area contributed by atoms with Gasteiger partial charge in [-0.15, -0.1) is 0 Å². The summed E-state index contributed by atoms with van der Waals surface area (Å²) >= 11 is 0. The van der Waals surface area contributed by atoms with Gasteiger partial charge >= 0.3 is 0 Å². The lowest BCUT2D eigenvalue weighted by Crippen LogP contribution is -2.29. The van der Waals surface area contributed by atoms with Gasteiger partial charge in [-0.2, -0.15) is 0 Å². The third kappa shape index (κ3) is 7.17. The number of benzene rings is 2. The van der Waals surface area contributed by atoms with Crippen LogP contribution in [0.2, 0.25) is 0 Å². The Hall–Kier alpha value is -3.70. The molecule has 0 spiro atoms. The van der Waals surface area contributed by atoms with E-state index in [2.05, 4.69) is 10.3 Å². The van der Waals surface area contributed by atoms with Gasteiger partial charge in [-0.05, 0) is 61.5 Å². The van der Waals surface area contributed by atoms with Crippen LogP contribution in [0.3, 0.4) is 0 Å². The summed E-state index contributed by atoms with van der Waals surface area (Å²) in [5.74, 6) is -0.539. The molecular formula is C27H34N4O6. The molecule has 1 aliphatic carbocycles. The Bertz CT molecular complexity index is 1130. The third-order valence-corrected chi connectivity index (χ3v) is 5.92. The second-order valence-electron chi connectivity index (χ2n) is 8.41. The highest BCUT2D eigenvalue weighted by molar-refractivity contribution is 6.51. The number of ketones is 1. The molecule has 10 nitrogen and oxygen atoms in total. The molecule has 2 aromatic carbocycles. The van der Waals surface area contributed by atoms with E-state index in [1.54, 1.807) is 36.4 Å². The zero-order valence-electron chi connectivity index (χ0n) is 20.8. The average Bonchev–Trinajstić information content (AvgIpc) is 2.91. The summed E-state index contributed by atoms with van der Waals surface area (Å²) in [5, 5.41) is 50.7. The van der Waals surface area contributed by atoms with Gasteiger partial charge in [0.25, 0.3) is 0 Å². The Labute approximate surface area is 216 Å². The lowest BCUT2D eigenvalue weighted by atomic mass is 9.99. The van der Waals surface area contributed by atoms with Crippen LogP contribution >= 0.6 is 0 Å². The van der Waals surface area contributed by atoms with Gasteiger partial charge < -0.3 is 40.6 Å². The summed E-state index contributed by atoms with van der Waals surface area (Å²) in [7, 11) is 0. The van der Waals surface area contributed by atoms with Crippen molar-refractivity contribution in [2.24, 2.45) is 4.99 Å². The molecule has 0 saturated carbocycles. The molecule has 0 heterocycles. The van der Waals surface area contributed by atoms with Crippen molar-refractivity contribution in [2.75, 3.05) is 67.7 Å². The van der Waals surface area contributed by atoms with Gasteiger partial charge in [0.1, 0.15) is 11.5 Å². The van der Waals surface area contributed by atoms with Crippen LogP contribution in [0.5, 0.6) is 0 Å². The maximum absolute atomic E-state index is 12.8. The summed E-state index contributed by atoms with van der Waals surface area (Å²) < 4.78 is 0. The van der Waals surface area contributed by atoms with Crippen LogP contribution in [0.4, 0.5) is 22.7 Å². The monoisotopic (exact) mass is 510 g/mol. The van der Waals surface area contributed by atoms with Crippen LogP contribution in [0, 0.1) is 0 Å². The number of hydrogen-bond acceptors (Lipinski definition) is 10. The van der Waals surface area contributed by atoms with E-state index < -0.39 is 0 Å². The number of anilines is 3. The Morgan fingerprint density at radius 2 is 1.22 bits per heavy atom. The number of carbonyl (C=O) groups excluding carboxylic acids is 1. The second kappa shape index (κ2) is 13.6. The molecule has 10 heteroatoms. The first kappa shape index (κ1) is 27.9. The molecule has 3 rings (SSSR count). The van der Waals surface area contributed by atoms with E-state index >= 15 is 0 Å². The number of allylic oxidation sites excluding steroid dienone is 2. The largest absolute Gasteiger partial charge is 0.505 e. The summed E-state index contributed by atoms with van der Waals surface area (Å²) in [5.41, 5.74) is 3.54. The minimum atomic E-state index is -0.381. The van der Waals surface area contributed by atoms with Gasteiger partial charge in [0.05, 0.1) is 37.8 Å². The van der Waals surface area contributed by atoms with Gasteiger partial charge in [-0.25, -0.2) is 4.99 Å². The van der Waals surface area contributed by atoms with E-state index in [0.717, 1.165) is 11.4 Å². The average molecular weight is 511 g/mol.